The lowest BCUT2D eigenvalue weighted by atomic mass is 10.3. The predicted octanol–water partition coefficient (Wildman–Crippen LogP) is 0.239. The number of urea groups is 1. The van der Waals surface area contributed by atoms with E-state index in [1.807, 2.05) is 0 Å². The number of morpholine rings is 1. The molecule has 1 aromatic rings. The van der Waals surface area contributed by atoms with Crippen LogP contribution in [-0.4, -0.2) is 95.2 Å². The highest BCUT2D eigenvalue weighted by atomic mass is 32.2. The molecule has 156 valence electrons. The normalized spacial score (nSPS) is 19.6. The maximum absolute atomic E-state index is 12.8. The number of piperazine rings is 1. The molecule has 0 aliphatic carbocycles. The summed E-state index contributed by atoms with van der Waals surface area (Å²) < 4.78 is 56.0. The first-order valence-electron chi connectivity index (χ1n) is 9.20. The van der Waals surface area contributed by atoms with Crippen molar-refractivity contribution in [3.63, 3.8) is 0 Å². The molecule has 2 fully saturated rings. The van der Waals surface area contributed by atoms with Crippen molar-refractivity contribution in [2.45, 2.75) is 16.7 Å². The van der Waals surface area contributed by atoms with Crippen LogP contribution in [0.2, 0.25) is 0 Å². The molecule has 0 aromatic heterocycles. The van der Waals surface area contributed by atoms with Gasteiger partial charge in [0.25, 0.3) is 0 Å². The van der Waals surface area contributed by atoms with Gasteiger partial charge >= 0.3 is 6.03 Å². The molecular formula is C17H25N3O6S2. The van der Waals surface area contributed by atoms with Crippen molar-refractivity contribution in [3.8, 4) is 0 Å². The van der Waals surface area contributed by atoms with E-state index in [1.165, 1.54) is 35.5 Å². The maximum Gasteiger partial charge on any atom is 0.320 e. The van der Waals surface area contributed by atoms with Crippen molar-refractivity contribution in [2.24, 2.45) is 0 Å². The minimum atomic E-state index is -3.74. The summed E-state index contributed by atoms with van der Waals surface area (Å²) in [6.45, 7) is 4.70. The van der Waals surface area contributed by atoms with Gasteiger partial charge in [-0.2, -0.15) is 4.31 Å². The second-order valence-corrected chi connectivity index (χ2v) is 10.9. The number of amides is 2. The maximum atomic E-state index is 12.8. The molecule has 0 unspecified atom stereocenters. The summed E-state index contributed by atoms with van der Waals surface area (Å²) in [6.07, 6.45) is 0. The molecule has 0 N–H and O–H groups in total. The van der Waals surface area contributed by atoms with Crippen LogP contribution < -0.4 is 0 Å². The summed E-state index contributed by atoms with van der Waals surface area (Å²) in [5.74, 6) is -0.0434. The fraction of sp³-hybridized carbons (Fsp3) is 0.588. The highest BCUT2D eigenvalue weighted by Gasteiger charge is 2.32. The Morgan fingerprint density at radius 2 is 1.36 bits per heavy atom. The largest absolute Gasteiger partial charge is 0.378 e. The minimum Gasteiger partial charge on any atom is -0.378 e. The number of benzene rings is 1. The molecule has 9 nitrogen and oxygen atoms in total. The summed E-state index contributed by atoms with van der Waals surface area (Å²) in [6, 6.07) is 5.20. The third-order valence-electron chi connectivity index (χ3n) is 4.99. The first-order chi connectivity index (χ1) is 13.3. The predicted molar refractivity (Wildman–Crippen MR) is 102 cm³/mol. The van der Waals surface area contributed by atoms with Gasteiger partial charge in [0.1, 0.15) is 0 Å². The molecule has 0 atom stereocenters. The first-order valence-corrected chi connectivity index (χ1v) is 12.3. The Morgan fingerprint density at radius 3 is 1.89 bits per heavy atom. The Bertz CT molecular complexity index is 901. The smallest absolute Gasteiger partial charge is 0.320 e. The number of nitrogens with zero attached hydrogens (tertiary/aromatic N) is 3. The van der Waals surface area contributed by atoms with Crippen LogP contribution >= 0.6 is 0 Å². The zero-order valence-electron chi connectivity index (χ0n) is 15.8. The van der Waals surface area contributed by atoms with Crippen LogP contribution in [0.1, 0.15) is 6.92 Å². The molecule has 11 heteroatoms. The molecule has 2 amide bonds. The van der Waals surface area contributed by atoms with Gasteiger partial charge in [-0.3, -0.25) is 0 Å². The highest BCUT2D eigenvalue weighted by molar-refractivity contribution is 7.91. The van der Waals surface area contributed by atoms with E-state index in [0.717, 1.165) is 0 Å². The summed E-state index contributed by atoms with van der Waals surface area (Å²) in [5, 5.41) is 0. The van der Waals surface area contributed by atoms with E-state index < -0.39 is 19.9 Å². The molecule has 0 saturated carbocycles. The molecule has 2 aliphatic rings. The molecule has 3 rings (SSSR count). The van der Waals surface area contributed by atoms with Gasteiger partial charge < -0.3 is 14.5 Å². The Hall–Kier alpha value is -1.69. The number of sulfonamides is 1. The third-order valence-corrected chi connectivity index (χ3v) is 8.65. The van der Waals surface area contributed by atoms with Crippen LogP contribution in [0.15, 0.2) is 34.1 Å². The molecule has 28 heavy (non-hydrogen) atoms. The number of carbonyl (C=O) groups is 1. The van der Waals surface area contributed by atoms with E-state index in [9.17, 15) is 21.6 Å². The minimum absolute atomic E-state index is 0.0434. The number of sulfone groups is 1. The number of ether oxygens (including phenoxy) is 1. The van der Waals surface area contributed by atoms with Crippen molar-refractivity contribution < 1.29 is 26.4 Å². The van der Waals surface area contributed by atoms with E-state index in [4.69, 9.17) is 4.74 Å². The zero-order chi connectivity index (χ0) is 20.4. The molecule has 2 saturated heterocycles. The van der Waals surface area contributed by atoms with Crippen molar-refractivity contribution >= 4 is 25.9 Å². The van der Waals surface area contributed by atoms with Gasteiger partial charge in [-0.25, -0.2) is 21.6 Å². The van der Waals surface area contributed by atoms with E-state index in [0.29, 0.717) is 39.4 Å². The third kappa shape index (κ3) is 4.32. The van der Waals surface area contributed by atoms with Crippen LogP contribution in [0.4, 0.5) is 4.79 Å². The topological polar surface area (TPSA) is 104 Å². The van der Waals surface area contributed by atoms with Crippen LogP contribution in [0, 0.1) is 0 Å². The van der Waals surface area contributed by atoms with E-state index in [-0.39, 0.29) is 34.7 Å². The fourth-order valence-corrected chi connectivity index (χ4v) is 5.52. The van der Waals surface area contributed by atoms with Gasteiger partial charge in [0.15, 0.2) is 9.84 Å². The lowest BCUT2D eigenvalue weighted by molar-refractivity contribution is 0.0405. The monoisotopic (exact) mass is 431 g/mol. The molecule has 1 aromatic carbocycles. The molecule has 0 radical (unpaired) electrons. The molecule has 2 heterocycles. The lowest BCUT2D eigenvalue weighted by Crippen LogP contribution is -2.55. The second kappa shape index (κ2) is 8.36. The first kappa shape index (κ1) is 21.0. The van der Waals surface area contributed by atoms with Gasteiger partial charge in [-0.1, -0.05) is 6.92 Å². The van der Waals surface area contributed by atoms with Gasteiger partial charge in [-0.15, -0.1) is 0 Å². The van der Waals surface area contributed by atoms with Crippen molar-refractivity contribution in [1.29, 1.82) is 0 Å². The van der Waals surface area contributed by atoms with Crippen LogP contribution in [0.25, 0.3) is 0 Å². The van der Waals surface area contributed by atoms with Gasteiger partial charge in [0.2, 0.25) is 10.0 Å². The average molecular weight is 432 g/mol. The van der Waals surface area contributed by atoms with Gasteiger partial charge in [-0.05, 0) is 24.3 Å². The van der Waals surface area contributed by atoms with Crippen molar-refractivity contribution in [3.05, 3.63) is 24.3 Å². The summed E-state index contributed by atoms with van der Waals surface area (Å²) in [5.41, 5.74) is 0. The fourth-order valence-electron chi connectivity index (χ4n) is 3.21. The number of carbonyl (C=O) groups excluding carboxylic acids is 1. The van der Waals surface area contributed by atoms with Crippen LogP contribution in [0.3, 0.4) is 0 Å². The summed E-state index contributed by atoms with van der Waals surface area (Å²) in [4.78, 5) is 16.1. The Morgan fingerprint density at radius 1 is 0.857 bits per heavy atom. The second-order valence-electron chi connectivity index (χ2n) is 6.65. The number of rotatable bonds is 4. The number of hydrogen-bond donors (Lipinski definition) is 0. The summed E-state index contributed by atoms with van der Waals surface area (Å²) >= 11 is 0. The standard InChI is InChI=1S/C17H25N3O6S2/c1-2-27(22,23)15-3-5-16(6-4-15)28(24,25)20-9-7-18(8-10-20)17(21)19-11-13-26-14-12-19/h3-6H,2,7-14H2,1H3. The lowest BCUT2D eigenvalue weighted by Gasteiger charge is -2.38. The molecular weight excluding hydrogens is 406 g/mol. The average Bonchev–Trinajstić information content (AvgIpc) is 2.74. The van der Waals surface area contributed by atoms with E-state index >= 15 is 0 Å². The van der Waals surface area contributed by atoms with Gasteiger partial charge in [0.05, 0.1) is 28.8 Å². The Labute approximate surface area is 165 Å². The SMILES string of the molecule is CCS(=O)(=O)c1ccc(S(=O)(=O)N2CCN(C(=O)N3CCOCC3)CC2)cc1. The quantitative estimate of drug-likeness (QED) is 0.676. The van der Waals surface area contributed by atoms with E-state index in [1.54, 1.807) is 9.80 Å². The van der Waals surface area contributed by atoms with Gasteiger partial charge in [0, 0.05) is 39.3 Å². The molecule has 0 spiro atoms. The van der Waals surface area contributed by atoms with Crippen LogP contribution in [-0.2, 0) is 24.6 Å². The summed E-state index contributed by atoms with van der Waals surface area (Å²) in [7, 11) is -7.12. The molecule has 0 bridgehead atoms. The van der Waals surface area contributed by atoms with Crippen molar-refractivity contribution in [2.75, 3.05) is 58.2 Å². The Balaban J connectivity index is 1.65. The zero-order valence-corrected chi connectivity index (χ0v) is 17.4. The number of hydrogen-bond acceptors (Lipinski definition) is 6. The molecule has 2 aliphatic heterocycles. The Kier molecular flexibility index (Phi) is 6.28. The highest BCUT2D eigenvalue weighted by Crippen LogP contribution is 2.21. The van der Waals surface area contributed by atoms with E-state index in [2.05, 4.69) is 0 Å². The van der Waals surface area contributed by atoms with Crippen LogP contribution in [0.5, 0.6) is 0 Å². The van der Waals surface area contributed by atoms with Crippen molar-refractivity contribution in [1.82, 2.24) is 14.1 Å².